The van der Waals surface area contributed by atoms with Crippen LogP contribution in [0.15, 0.2) is 18.5 Å². The molecule has 6 nitrogen and oxygen atoms in total. The van der Waals surface area contributed by atoms with Crippen molar-refractivity contribution in [1.29, 1.82) is 0 Å². The summed E-state index contributed by atoms with van der Waals surface area (Å²) in [6.07, 6.45) is 3.36. The first-order valence-corrected chi connectivity index (χ1v) is 8.70. The van der Waals surface area contributed by atoms with Crippen LogP contribution in [0.3, 0.4) is 0 Å². The fraction of sp³-hybridized carbons (Fsp3) is 0.588. The Labute approximate surface area is 145 Å². The van der Waals surface area contributed by atoms with E-state index in [1.54, 1.807) is 4.68 Å². The van der Waals surface area contributed by atoms with E-state index < -0.39 is 6.43 Å². The molecule has 0 N–H and O–H groups in total. The number of nitrogens with zero attached hydrogens (tertiary/aromatic N) is 6. The molecule has 8 heteroatoms. The van der Waals surface area contributed by atoms with E-state index in [4.69, 9.17) is 0 Å². The molecule has 0 radical (unpaired) electrons. The zero-order valence-electron chi connectivity index (χ0n) is 14.3. The molecule has 134 valence electrons. The summed E-state index contributed by atoms with van der Waals surface area (Å²) in [7, 11) is 1.91. The highest BCUT2D eigenvalue weighted by Crippen LogP contribution is 2.39. The first-order valence-electron chi connectivity index (χ1n) is 8.70. The molecule has 2 aromatic heterocycles. The van der Waals surface area contributed by atoms with Crippen molar-refractivity contribution in [1.82, 2.24) is 24.6 Å². The fourth-order valence-corrected chi connectivity index (χ4v) is 3.22. The molecule has 3 heterocycles. The molecule has 0 aromatic carbocycles. The average molecular weight is 348 g/mol. The normalized spacial score (nSPS) is 19.0. The van der Waals surface area contributed by atoms with E-state index in [-0.39, 0.29) is 11.6 Å². The number of halogens is 2. The molecule has 1 saturated carbocycles. The van der Waals surface area contributed by atoms with Gasteiger partial charge in [0.2, 0.25) is 0 Å². The zero-order valence-corrected chi connectivity index (χ0v) is 14.3. The number of alkyl halides is 2. The Hall–Kier alpha value is -2.09. The Kier molecular flexibility index (Phi) is 4.37. The van der Waals surface area contributed by atoms with Crippen LogP contribution in [0, 0.1) is 0 Å². The van der Waals surface area contributed by atoms with Gasteiger partial charge in [-0.1, -0.05) is 0 Å². The molecule has 1 aliphatic heterocycles. The lowest BCUT2D eigenvalue weighted by Crippen LogP contribution is -2.46. The van der Waals surface area contributed by atoms with Gasteiger partial charge in [-0.15, -0.1) is 0 Å². The van der Waals surface area contributed by atoms with Gasteiger partial charge in [0.15, 0.2) is 0 Å². The first-order chi connectivity index (χ1) is 12.1. The molecule has 4 rings (SSSR count). The predicted octanol–water partition coefficient (Wildman–Crippen LogP) is 2.35. The lowest BCUT2D eigenvalue weighted by atomic mass is 10.2. The molecule has 2 aliphatic rings. The van der Waals surface area contributed by atoms with Crippen LogP contribution in [-0.2, 0) is 13.6 Å². The Morgan fingerprint density at radius 3 is 2.52 bits per heavy atom. The van der Waals surface area contributed by atoms with Crippen molar-refractivity contribution in [2.75, 3.05) is 31.1 Å². The van der Waals surface area contributed by atoms with Crippen molar-refractivity contribution in [3.05, 3.63) is 35.5 Å². The third-order valence-corrected chi connectivity index (χ3v) is 4.78. The molecule has 1 aliphatic carbocycles. The van der Waals surface area contributed by atoms with Gasteiger partial charge in [0.05, 0.1) is 6.20 Å². The minimum atomic E-state index is -2.55. The van der Waals surface area contributed by atoms with Crippen molar-refractivity contribution < 1.29 is 8.78 Å². The Bertz CT molecular complexity index is 714. The average Bonchev–Trinajstić information content (AvgIpc) is 3.38. The molecule has 0 amide bonds. The van der Waals surface area contributed by atoms with Gasteiger partial charge in [-0.2, -0.15) is 5.10 Å². The lowest BCUT2D eigenvalue weighted by Gasteiger charge is -2.35. The second kappa shape index (κ2) is 6.67. The fourth-order valence-electron chi connectivity index (χ4n) is 3.22. The van der Waals surface area contributed by atoms with Crippen molar-refractivity contribution in [2.45, 2.75) is 31.7 Å². The summed E-state index contributed by atoms with van der Waals surface area (Å²) in [4.78, 5) is 13.1. The summed E-state index contributed by atoms with van der Waals surface area (Å²) >= 11 is 0. The van der Waals surface area contributed by atoms with Crippen molar-refractivity contribution >= 4 is 5.82 Å². The van der Waals surface area contributed by atoms with E-state index in [0.29, 0.717) is 11.6 Å². The van der Waals surface area contributed by atoms with Crippen LogP contribution in [0.5, 0.6) is 0 Å². The van der Waals surface area contributed by atoms with Crippen molar-refractivity contribution in [2.24, 2.45) is 7.05 Å². The molecular formula is C17H22F2N6. The van der Waals surface area contributed by atoms with Crippen LogP contribution >= 0.6 is 0 Å². The summed E-state index contributed by atoms with van der Waals surface area (Å²) in [6, 6.07) is 1.45. The number of aromatic nitrogens is 4. The minimum Gasteiger partial charge on any atom is -0.354 e. The van der Waals surface area contributed by atoms with Gasteiger partial charge < -0.3 is 4.90 Å². The third-order valence-electron chi connectivity index (χ3n) is 4.78. The van der Waals surface area contributed by atoms with Gasteiger partial charge in [-0.3, -0.25) is 9.58 Å². The van der Waals surface area contributed by atoms with Crippen LogP contribution in [-0.4, -0.2) is 50.8 Å². The molecule has 0 spiro atoms. The van der Waals surface area contributed by atoms with Gasteiger partial charge >= 0.3 is 0 Å². The highest BCUT2D eigenvalue weighted by atomic mass is 19.3. The molecule has 0 unspecified atom stereocenters. The van der Waals surface area contributed by atoms with E-state index in [9.17, 15) is 8.78 Å². The lowest BCUT2D eigenvalue weighted by molar-refractivity contribution is 0.145. The Balaban J connectivity index is 1.43. The van der Waals surface area contributed by atoms with Crippen LogP contribution in [0.2, 0.25) is 0 Å². The monoisotopic (exact) mass is 348 g/mol. The van der Waals surface area contributed by atoms with Crippen LogP contribution in [0.4, 0.5) is 14.6 Å². The largest absolute Gasteiger partial charge is 0.354 e. The van der Waals surface area contributed by atoms with E-state index >= 15 is 0 Å². The molecule has 2 fully saturated rings. The second-order valence-electron chi connectivity index (χ2n) is 6.87. The smallest absolute Gasteiger partial charge is 0.280 e. The zero-order chi connectivity index (χ0) is 17.4. The van der Waals surface area contributed by atoms with Crippen molar-refractivity contribution in [3.8, 4) is 0 Å². The standard InChI is InChI=1S/C17H22F2N6/c1-23-10-12(9-20-23)11-24-4-6-25(7-5-24)15-8-14(16(18)19)21-17(22-15)13-2-3-13/h8-10,13,16H,2-7,11H2,1H3. The van der Waals surface area contributed by atoms with Gasteiger partial charge in [-0.25, -0.2) is 18.7 Å². The molecule has 25 heavy (non-hydrogen) atoms. The number of hydrogen-bond acceptors (Lipinski definition) is 5. The Morgan fingerprint density at radius 1 is 1.16 bits per heavy atom. The van der Waals surface area contributed by atoms with Gasteiger partial charge in [0, 0.05) is 63.5 Å². The number of anilines is 1. The summed E-state index contributed by atoms with van der Waals surface area (Å²) in [5, 5.41) is 4.19. The van der Waals surface area contributed by atoms with E-state index in [1.807, 2.05) is 19.4 Å². The van der Waals surface area contributed by atoms with Crippen molar-refractivity contribution in [3.63, 3.8) is 0 Å². The Morgan fingerprint density at radius 2 is 1.92 bits per heavy atom. The summed E-state index contributed by atoms with van der Waals surface area (Å²) in [6.45, 7) is 4.18. The summed E-state index contributed by atoms with van der Waals surface area (Å²) in [5.41, 5.74) is 1.04. The summed E-state index contributed by atoms with van der Waals surface area (Å²) < 4.78 is 28.1. The molecule has 2 aromatic rings. The van der Waals surface area contributed by atoms with Crippen LogP contribution in [0.1, 0.15) is 42.3 Å². The highest BCUT2D eigenvalue weighted by Gasteiger charge is 2.29. The maximum atomic E-state index is 13.2. The van der Waals surface area contributed by atoms with Gasteiger partial charge in [0.25, 0.3) is 6.43 Å². The van der Waals surface area contributed by atoms with E-state index in [1.165, 1.54) is 11.6 Å². The van der Waals surface area contributed by atoms with Gasteiger partial charge in [-0.05, 0) is 12.8 Å². The molecular weight excluding hydrogens is 326 g/mol. The number of rotatable bonds is 5. The second-order valence-corrected chi connectivity index (χ2v) is 6.87. The topological polar surface area (TPSA) is 50.1 Å². The van der Waals surface area contributed by atoms with Gasteiger partial charge in [0.1, 0.15) is 17.3 Å². The maximum Gasteiger partial charge on any atom is 0.280 e. The SMILES string of the molecule is Cn1cc(CN2CCN(c3cc(C(F)F)nc(C4CC4)n3)CC2)cn1. The number of aryl methyl sites for hydroxylation is 1. The number of piperazine rings is 1. The predicted molar refractivity (Wildman–Crippen MR) is 89.7 cm³/mol. The van der Waals surface area contributed by atoms with Crippen LogP contribution < -0.4 is 4.90 Å². The molecule has 1 saturated heterocycles. The van der Waals surface area contributed by atoms with E-state index in [0.717, 1.165) is 45.6 Å². The minimum absolute atomic E-state index is 0.148. The maximum absolute atomic E-state index is 13.2. The van der Waals surface area contributed by atoms with E-state index in [2.05, 4.69) is 24.9 Å². The quantitative estimate of drug-likeness (QED) is 0.830. The summed E-state index contributed by atoms with van der Waals surface area (Å²) in [5.74, 6) is 1.50. The number of hydrogen-bond donors (Lipinski definition) is 0. The molecule has 0 bridgehead atoms. The third kappa shape index (κ3) is 3.78. The first kappa shape index (κ1) is 16.4. The highest BCUT2D eigenvalue weighted by molar-refractivity contribution is 5.41. The molecule has 0 atom stereocenters. The van der Waals surface area contributed by atoms with Crippen LogP contribution in [0.25, 0.3) is 0 Å².